The van der Waals surface area contributed by atoms with Crippen LogP contribution in [0.5, 0.6) is 11.5 Å². The average molecular weight is 348 g/mol. The highest BCUT2D eigenvalue weighted by Gasteiger charge is 2.42. The Kier molecular flexibility index (Phi) is 3.72. The summed E-state index contributed by atoms with van der Waals surface area (Å²) in [5.74, 6) is -1.07. The Labute approximate surface area is 149 Å². The number of carbonyl (C=O) groups is 3. The molecule has 0 amide bonds. The Morgan fingerprint density at radius 1 is 1.00 bits per heavy atom. The summed E-state index contributed by atoms with van der Waals surface area (Å²) in [6.07, 6.45) is 0.0712. The van der Waals surface area contributed by atoms with E-state index in [9.17, 15) is 19.5 Å². The fourth-order valence-electron chi connectivity index (χ4n) is 3.89. The van der Waals surface area contributed by atoms with Crippen LogP contribution in [0.25, 0.3) is 0 Å². The number of Topliss-reactive ketones (excluding diaryl/α,β-unsaturated/α-hetero) is 3. The van der Waals surface area contributed by atoms with Gasteiger partial charge in [0.2, 0.25) is 0 Å². The molecule has 0 spiro atoms. The third kappa shape index (κ3) is 2.28. The Bertz CT molecular complexity index is 999. The summed E-state index contributed by atoms with van der Waals surface area (Å²) in [4.78, 5) is 38.5. The molecule has 1 atom stereocenters. The van der Waals surface area contributed by atoms with Gasteiger partial charge in [0.25, 0.3) is 0 Å². The molecule has 1 unspecified atom stereocenters. The molecule has 0 radical (unpaired) electrons. The average Bonchev–Trinajstić information content (AvgIpc) is 2.65. The Balaban J connectivity index is 1.96. The Morgan fingerprint density at radius 3 is 2.54 bits per heavy atom. The molecule has 0 saturated carbocycles. The summed E-state index contributed by atoms with van der Waals surface area (Å²) in [5, 5.41) is 10.2. The molecule has 0 aliphatic heterocycles. The van der Waals surface area contributed by atoms with Crippen LogP contribution in [0, 0.1) is 0 Å². The number of allylic oxidation sites excluding steroid dienone is 2. The molecule has 2 aliphatic rings. The second-order valence-corrected chi connectivity index (χ2v) is 6.46. The minimum absolute atomic E-state index is 0.0190. The number of para-hydroxylation sites is 1. The van der Waals surface area contributed by atoms with E-state index in [4.69, 9.17) is 4.74 Å². The number of ether oxygens (including phenoxy) is 1. The molecule has 5 nitrogen and oxygen atoms in total. The molecule has 0 aromatic heterocycles. The van der Waals surface area contributed by atoms with Crippen LogP contribution in [0.15, 0.2) is 53.6 Å². The van der Waals surface area contributed by atoms with Crippen molar-refractivity contribution in [1.29, 1.82) is 0 Å². The highest BCUT2D eigenvalue weighted by Crippen LogP contribution is 2.45. The molecular weight excluding hydrogens is 332 g/mol. The summed E-state index contributed by atoms with van der Waals surface area (Å²) in [6, 6.07) is 11.6. The third-order valence-electron chi connectivity index (χ3n) is 5.03. The second-order valence-electron chi connectivity index (χ2n) is 6.46. The van der Waals surface area contributed by atoms with Gasteiger partial charge in [-0.2, -0.15) is 0 Å². The van der Waals surface area contributed by atoms with Crippen molar-refractivity contribution < 1.29 is 24.2 Å². The lowest BCUT2D eigenvalue weighted by atomic mass is 9.70. The molecule has 5 heteroatoms. The van der Waals surface area contributed by atoms with Gasteiger partial charge < -0.3 is 9.84 Å². The van der Waals surface area contributed by atoms with Gasteiger partial charge in [-0.25, -0.2) is 0 Å². The molecule has 2 aliphatic carbocycles. The summed E-state index contributed by atoms with van der Waals surface area (Å²) in [7, 11) is 1.52. The van der Waals surface area contributed by atoms with E-state index < -0.39 is 11.7 Å². The first-order valence-corrected chi connectivity index (χ1v) is 8.32. The van der Waals surface area contributed by atoms with Crippen LogP contribution >= 0.6 is 0 Å². The van der Waals surface area contributed by atoms with Gasteiger partial charge in [-0.15, -0.1) is 0 Å². The lowest BCUT2D eigenvalue weighted by Gasteiger charge is -2.31. The van der Waals surface area contributed by atoms with Crippen LogP contribution in [0.2, 0.25) is 0 Å². The van der Waals surface area contributed by atoms with Crippen molar-refractivity contribution in [3.05, 3.63) is 70.3 Å². The van der Waals surface area contributed by atoms with Gasteiger partial charge in [-0.05, 0) is 12.1 Å². The van der Waals surface area contributed by atoms with Crippen LogP contribution in [-0.2, 0) is 4.79 Å². The van der Waals surface area contributed by atoms with Crippen molar-refractivity contribution in [1.82, 2.24) is 0 Å². The van der Waals surface area contributed by atoms with Crippen LogP contribution in [-0.4, -0.2) is 29.6 Å². The quantitative estimate of drug-likeness (QED) is 0.901. The number of aromatic hydroxyl groups is 1. The summed E-state index contributed by atoms with van der Waals surface area (Å²) < 4.78 is 5.39. The fraction of sp³-hybridized carbons (Fsp3) is 0.190. The fourth-order valence-corrected chi connectivity index (χ4v) is 3.89. The molecule has 4 rings (SSSR count). The zero-order valence-electron chi connectivity index (χ0n) is 14.1. The summed E-state index contributed by atoms with van der Waals surface area (Å²) >= 11 is 0. The molecule has 2 aromatic rings. The van der Waals surface area contributed by atoms with Gasteiger partial charge >= 0.3 is 0 Å². The smallest absolute Gasteiger partial charge is 0.194 e. The number of ketones is 3. The third-order valence-corrected chi connectivity index (χ3v) is 5.03. The maximum atomic E-state index is 13.2. The SMILES string of the molecule is COc1ccccc1C1CC(=O)CC2=C1C(=O)c1c(O)cccc1C2=O. The van der Waals surface area contributed by atoms with E-state index in [1.807, 2.05) is 0 Å². The number of fused-ring (bicyclic) bond motifs is 1. The molecule has 0 heterocycles. The van der Waals surface area contributed by atoms with Crippen LogP contribution in [0.4, 0.5) is 0 Å². The van der Waals surface area contributed by atoms with E-state index in [1.54, 1.807) is 24.3 Å². The zero-order valence-corrected chi connectivity index (χ0v) is 14.1. The molecular formula is C21H16O5. The molecule has 130 valence electrons. The monoisotopic (exact) mass is 348 g/mol. The number of benzene rings is 2. The number of phenolic OH excluding ortho intramolecular Hbond substituents is 1. The Hall–Kier alpha value is -3.21. The maximum Gasteiger partial charge on any atom is 0.194 e. The van der Waals surface area contributed by atoms with Gasteiger partial charge in [0.15, 0.2) is 11.6 Å². The van der Waals surface area contributed by atoms with E-state index in [0.717, 1.165) is 0 Å². The number of phenols is 1. The predicted octanol–water partition coefficient (Wildman–Crippen LogP) is 3.22. The lowest BCUT2D eigenvalue weighted by Crippen LogP contribution is -2.31. The largest absolute Gasteiger partial charge is 0.507 e. The normalized spacial score (nSPS) is 19.3. The van der Waals surface area contributed by atoms with Gasteiger partial charge in [-0.3, -0.25) is 14.4 Å². The molecule has 0 fully saturated rings. The minimum Gasteiger partial charge on any atom is -0.507 e. The first kappa shape index (κ1) is 16.3. The van der Waals surface area contributed by atoms with Crippen molar-refractivity contribution in [2.24, 2.45) is 0 Å². The minimum atomic E-state index is -0.563. The van der Waals surface area contributed by atoms with Crippen molar-refractivity contribution in [2.75, 3.05) is 7.11 Å². The predicted molar refractivity (Wildman–Crippen MR) is 93.8 cm³/mol. The highest BCUT2D eigenvalue weighted by atomic mass is 16.5. The lowest BCUT2D eigenvalue weighted by molar-refractivity contribution is -0.119. The molecule has 0 bridgehead atoms. The molecule has 2 aromatic carbocycles. The van der Waals surface area contributed by atoms with Gasteiger partial charge in [0, 0.05) is 41.0 Å². The van der Waals surface area contributed by atoms with Crippen molar-refractivity contribution >= 4 is 17.3 Å². The van der Waals surface area contributed by atoms with E-state index >= 15 is 0 Å². The van der Waals surface area contributed by atoms with E-state index in [2.05, 4.69) is 0 Å². The van der Waals surface area contributed by atoms with E-state index in [1.165, 1.54) is 25.3 Å². The van der Waals surface area contributed by atoms with Crippen LogP contribution < -0.4 is 4.74 Å². The first-order chi connectivity index (χ1) is 12.5. The van der Waals surface area contributed by atoms with Crippen molar-refractivity contribution in [3.8, 4) is 11.5 Å². The van der Waals surface area contributed by atoms with E-state index in [-0.39, 0.29) is 46.9 Å². The molecule has 1 N–H and O–H groups in total. The van der Waals surface area contributed by atoms with Crippen LogP contribution in [0.1, 0.15) is 45.0 Å². The topological polar surface area (TPSA) is 80.7 Å². The molecule has 0 saturated heterocycles. The summed E-state index contributed by atoms with van der Waals surface area (Å²) in [6.45, 7) is 0. The number of rotatable bonds is 2. The first-order valence-electron chi connectivity index (χ1n) is 8.32. The standard InChI is InChI=1S/C21H16O5/c1-26-17-8-3-2-5-12(17)14-9-11(22)10-15-18(14)21(25)19-13(20(15)24)6-4-7-16(19)23/h2-8,14,23H,9-10H2,1H3. The second kappa shape index (κ2) is 5.95. The van der Waals surface area contributed by atoms with Crippen molar-refractivity contribution in [2.45, 2.75) is 18.8 Å². The highest BCUT2D eigenvalue weighted by molar-refractivity contribution is 6.30. The number of methoxy groups -OCH3 is 1. The van der Waals surface area contributed by atoms with Gasteiger partial charge in [0.05, 0.1) is 12.7 Å². The number of carbonyl (C=O) groups excluding carboxylic acids is 3. The summed E-state index contributed by atoms with van der Waals surface area (Å²) in [5.41, 5.74) is 1.40. The van der Waals surface area contributed by atoms with E-state index in [0.29, 0.717) is 16.9 Å². The zero-order chi connectivity index (χ0) is 18.4. The Morgan fingerprint density at radius 2 is 1.77 bits per heavy atom. The maximum absolute atomic E-state index is 13.2. The van der Waals surface area contributed by atoms with Gasteiger partial charge in [0.1, 0.15) is 17.3 Å². The number of hydrogen-bond acceptors (Lipinski definition) is 5. The van der Waals surface area contributed by atoms with Crippen molar-refractivity contribution in [3.63, 3.8) is 0 Å². The van der Waals surface area contributed by atoms with Gasteiger partial charge in [-0.1, -0.05) is 30.3 Å². The number of hydrogen-bond donors (Lipinski definition) is 1. The van der Waals surface area contributed by atoms with Crippen LogP contribution in [0.3, 0.4) is 0 Å². The molecule has 26 heavy (non-hydrogen) atoms.